The molecule has 0 unspecified atom stereocenters. The summed E-state index contributed by atoms with van der Waals surface area (Å²) in [5.41, 5.74) is 6.32. The molecule has 2 atom stereocenters. The lowest BCUT2D eigenvalue weighted by atomic mass is 9.93. The first kappa shape index (κ1) is 31.6. The van der Waals surface area contributed by atoms with E-state index >= 15 is 0 Å². The summed E-state index contributed by atoms with van der Waals surface area (Å²) in [4.78, 5) is 56.8. The number of likely N-dealkylation sites (N-methyl/N-ethyl adjacent to an activating group) is 2. The van der Waals surface area contributed by atoms with E-state index in [1.807, 2.05) is 80.7 Å². The van der Waals surface area contributed by atoms with Crippen LogP contribution in [0, 0.1) is 0 Å². The minimum absolute atomic E-state index is 0.117. The van der Waals surface area contributed by atoms with E-state index in [1.165, 1.54) is 16.8 Å². The van der Waals surface area contributed by atoms with Gasteiger partial charge in [-0.1, -0.05) is 90.4 Å². The summed E-state index contributed by atoms with van der Waals surface area (Å²) in [6.07, 6.45) is 4.17. The van der Waals surface area contributed by atoms with Crippen LogP contribution in [0.4, 0.5) is 4.79 Å². The van der Waals surface area contributed by atoms with Gasteiger partial charge in [0.15, 0.2) is 0 Å². The van der Waals surface area contributed by atoms with Crippen molar-refractivity contribution in [1.29, 1.82) is 0 Å². The van der Waals surface area contributed by atoms with E-state index in [4.69, 9.17) is 4.74 Å². The van der Waals surface area contributed by atoms with E-state index in [1.54, 1.807) is 7.05 Å². The van der Waals surface area contributed by atoms with E-state index in [2.05, 4.69) is 12.1 Å². The summed E-state index contributed by atoms with van der Waals surface area (Å²) in [6.45, 7) is -0.131. The van der Waals surface area contributed by atoms with E-state index in [-0.39, 0.29) is 37.8 Å². The van der Waals surface area contributed by atoms with Crippen LogP contribution in [0.1, 0.15) is 35.4 Å². The number of hydrogen-bond acceptors (Lipinski definition) is 5. The van der Waals surface area contributed by atoms with Crippen LogP contribution in [-0.2, 0) is 25.5 Å². The molecule has 0 bridgehead atoms. The van der Waals surface area contributed by atoms with Gasteiger partial charge in [0.1, 0.15) is 33.1 Å². The number of aliphatic carboxylic acids is 1. The van der Waals surface area contributed by atoms with Gasteiger partial charge in [-0.3, -0.25) is 19.3 Å². The molecule has 1 aliphatic heterocycles. The molecule has 0 fully saturated rings. The van der Waals surface area contributed by atoms with Crippen LogP contribution in [0.2, 0.25) is 0 Å². The number of ether oxygens (including phenoxy) is 1. The van der Waals surface area contributed by atoms with Gasteiger partial charge in [0, 0.05) is 33.0 Å². The number of carbonyl (C=O) groups is 4. The Morgan fingerprint density at radius 1 is 0.956 bits per heavy atom. The van der Waals surface area contributed by atoms with Crippen LogP contribution in [0.5, 0.6) is 0 Å². The fourth-order valence-electron chi connectivity index (χ4n) is 6.23. The van der Waals surface area contributed by atoms with Crippen LogP contribution < -0.4 is 5.46 Å². The number of fused-ring (bicyclic) bond motifs is 3. The van der Waals surface area contributed by atoms with Crippen LogP contribution in [0.3, 0.4) is 0 Å². The zero-order valence-electron chi connectivity index (χ0n) is 25.9. The molecule has 1 heterocycles. The van der Waals surface area contributed by atoms with Crippen molar-refractivity contribution < 1.29 is 29.0 Å². The zero-order valence-corrected chi connectivity index (χ0v) is 25.9. The van der Waals surface area contributed by atoms with Crippen molar-refractivity contribution in [2.24, 2.45) is 0 Å². The van der Waals surface area contributed by atoms with Gasteiger partial charge >= 0.3 is 12.1 Å². The van der Waals surface area contributed by atoms with Crippen LogP contribution in [-0.4, -0.2) is 97.4 Å². The predicted octanol–water partition coefficient (Wildman–Crippen LogP) is 2.83. The number of carbonyl (C=O) groups excluding carboxylic acids is 3. The minimum Gasteiger partial charge on any atom is -0.480 e. The molecule has 0 aromatic heterocycles. The second-order valence-corrected chi connectivity index (χ2v) is 11.8. The summed E-state index contributed by atoms with van der Waals surface area (Å²) >= 11 is 0. The number of hydrogen-bond donors (Lipinski definition) is 1. The third-order valence-electron chi connectivity index (χ3n) is 8.68. The van der Waals surface area contributed by atoms with Crippen molar-refractivity contribution in [2.45, 2.75) is 37.3 Å². The SMILES string of the molecule is Bc1ccc(C[C@@H](C(=O)N(C)CC(=O)O)N2CC/C=C\C[C@H](N(C)C(=O)OCC3c4ccccc4-c4ccccc43)C2=O)cc1. The van der Waals surface area contributed by atoms with Gasteiger partial charge in [0.25, 0.3) is 0 Å². The fourth-order valence-corrected chi connectivity index (χ4v) is 6.23. The largest absolute Gasteiger partial charge is 0.480 e. The number of benzene rings is 3. The molecule has 2 aliphatic rings. The lowest BCUT2D eigenvalue weighted by molar-refractivity contribution is -0.150. The van der Waals surface area contributed by atoms with Crippen LogP contribution in [0.25, 0.3) is 11.1 Å². The second kappa shape index (κ2) is 13.8. The molecule has 0 spiro atoms. The summed E-state index contributed by atoms with van der Waals surface area (Å²) in [6, 6.07) is 22.0. The summed E-state index contributed by atoms with van der Waals surface area (Å²) < 4.78 is 5.86. The first-order chi connectivity index (χ1) is 21.7. The average molecular weight is 608 g/mol. The number of amides is 3. The maximum Gasteiger partial charge on any atom is 0.410 e. The lowest BCUT2D eigenvalue weighted by Gasteiger charge is -2.38. The van der Waals surface area contributed by atoms with E-state index in [0.717, 1.165) is 38.2 Å². The monoisotopic (exact) mass is 607 g/mol. The number of carboxylic acid groups (broad SMARTS) is 1. The Hall–Kier alpha value is -4.86. The predicted molar refractivity (Wildman–Crippen MR) is 174 cm³/mol. The second-order valence-electron chi connectivity index (χ2n) is 11.8. The molecule has 5 rings (SSSR count). The van der Waals surface area contributed by atoms with Crippen LogP contribution in [0.15, 0.2) is 84.9 Å². The Morgan fingerprint density at radius 3 is 2.20 bits per heavy atom. The molecule has 3 aromatic carbocycles. The summed E-state index contributed by atoms with van der Waals surface area (Å²) in [5.74, 6) is -2.13. The van der Waals surface area contributed by atoms with Crippen molar-refractivity contribution in [3.63, 3.8) is 0 Å². The van der Waals surface area contributed by atoms with Crippen molar-refractivity contribution in [3.05, 3.63) is 102 Å². The Bertz CT molecular complexity index is 1560. The minimum atomic E-state index is -1.14. The number of nitrogens with zero attached hydrogens (tertiary/aromatic N) is 3. The van der Waals surface area contributed by atoms with Gasteiger partial charge in [-0.05, 0) is 40.7 Å². The fraction of sp³-hybridized carbons (Fsp3) is 0.314. The first-order valence-electron chi connectivity index (χ1n) is 15.2. The van der Waals surface area contributed by atoms with E-state index in [9.17, 15) is 24.3 Å². The molecule has 1 aliphatic carbocycles. The molecule has 0 saturated heterocycles. The van der Waals surface area contributed by atoms with Gasteiger partial charge in [0.2, 0.25) is 11.8 Å². The highest BCUT2D eigenvalue weighted by molar-refractivity contribution is 6.32. The Labute approximate surface area is 264 Å². The summed E-state index contributed by atoms with van der Waals surface area (Å²) in [5, 5.41) is 9.35. The molecule has 0 radical (unpaired) electrons. The number of carboxylic acids is 1. The van der Waals surface area contributed by atoms with E-state index in [0.29, 0.717) is 6.42 Å². The van der Waals surface area contributed by atoms with Gasteiger partial charge in [0.05, 0.1) is 0 Å². The van der Waals surface area contributed by atoms with Crippen molar-refractivity contribution >= 4 is 37.2 Å². The molecule has 45 heavy (non-hydrogen) atoms. The molecule has 10 heteroatoms. The lowest BCUT2D eigenvalue weighted by Crippen LogP contribution is -2.57. The van der Waals surface area contributed by atoms with Crippen molar-refractivity contribution in [2.75, 3.05) is 33.8 Å². The number of rotatable bonds is 9. The van der Waals surface area contributed by atoms with Gasteiger partial charge < -0.3 is 19.6 Å². The molecule has 3 aromatic rings. The quantitative estimate of drug-likeness (QED) is 0.296. The zero-order chi connectivity index (χ0) is 32.1. The molecule has 232 valence electrons. The smallest absolute Gasteiger partial charge is 0.410 e. The molecule has 0 saturated carbocycles. The highest BCUT2D eigenvalue weighted by Crippen LogP contribution is 2.44. The third-order valence-corrected chi connectivity index (χ3v) is 8.68. The highest BCUT2D eigenvalue weighted by Gasteiger charge is 2.39. The van der Waals surface area contributed by atoms with Gasteiger partial charge in [-0.15, -0.1) is 0 Å². The summed E-state index contributed by atoms with van der Waals surface area (Å²) in [7, 11) is 4.93. The maximum atomic E-state index is 14.2. The van der Waals surface area contributed by atoms with Crippen LogP contribution >= 0.6 is 0 Å². The average Bonchev–Trinajstić information content (AvgIpc) is 3.34. The van der Waals surface area contributed by atoms with Gasteiger partial charge in [-0.2, -0.15) is 0 Å². The molecular formula is C35H38BN3O6. The molecule has 1 N–H and O–H groups in total. The van der Waals surface area contributed by atoms with Gasteiger partial charge in [-0.25, -0.2) is 4.79 Å². The topological polar surface area (TPSA) is 107 Å². The molecule has 9 nitrogen and oxygen atoms in total. The maximum absolute atomic E-state index is 14.2. The van der Waals surface area contributed by atoms with E-state index < -0.39 is 36.6 Å². The third kappa shape index (κ3) is 6.95. The normalized spacial score (nSPS) is 17.3. The standard InChI is InChI=1S/C35H38BN3O6/c1-37(21-32(40)41)33(42)31(20-23-15-17-24(36)18-16-23)39-19-9-3-4-14-30(34(39)43)38(2)35(44)45-22-29-27-12-7-5-10-25(27)26-11-6-8-13-28(26)29/h3-8,10-13,15-18,29-31H,9,14,19-22,36H2,1-2H3,(H,40,41)/b4-3-/t30-,31-/m0/s1. The first-order valence-corrected chi connectivity index (χ1v) is 15.2. The Morgan fingerprint density at radius 2 is 1.58 bits per heavy atom. The highest BCUT2D eigenvalue weighted by atomic mass is 16.6. The van der Waals surface area contributed by atoms with Crippen molar-refractivity contribution in [1.82, 2.24) is 14.7 Å². The Balaban J connectivity index is 1.36. The van der Waals surface area contributed by atoms with Crippen molar-refractivity contribution in [3.8, 4) is 11.1 Å². The molecular weight excluding hydrogens is 569 g/mol. The molecule has 3 amide bonds. The Kier molecular flexibility index (Phi) is 9.71.